The van der Waals surface area contributed by atoms with Gasteiger partial charge >= 0.3 is 51.6 Å². The Morgan fingerprint density at radius 3 is 1.38 bits per heavy atom. The number of hydrogen-bond donors (Lipinski definition) is 0. The third-order valence-corrected chi connectivity index (χ3v) is 6.80. The van der Waals surface area contributed by atoms with Gasteiger partial charge in [-0.1, -0.05) is 0 Å². The Morgan fingerprint density at radius 2 is 1.38 bits per heavy atom. The van der Waals surface area contributed by atoms with Crippen molar-refractivity contribution in [2.75, 3.05) is 14.2 Å². The molecule has 0 aliphatic rings. The summed E-state index contributed by atoms with van der Waals surface area (Å²) < 4.78 is 23.7. The van der Waals surface area contributed by atoms with Crippen molar-refractivity contribution in [1.82, 2.24) is 0 Å². The summed E-state index contributed by atoms with van der Waals surface area (Å²) in [5.74, 6) is 0. The zero-order valence-corrected chi connectivity index (χ0v) is 8.18. The van der Waals surface area contributed by atoms with Crippen LogP contribution in [0, 0.1) is 0 Å². The molecule has 0 rings (SSSR count). The molecule has 0 aromatic heterocycles. The van der Waals surface area contributed by atoms with Gasteiger partial charge in [0.15, 0.2) is 0 Å². The fourth-order valence-corrected chi connectivity index (χ4v) is 0.493. The molecule has 0 aromatic rings. The van der Waals surface area contributed by atoms with Crippen molar-refractivity contribution in [2.24, 2.45) is 0 Å². The topological polar surface area (TPSA) is 35.5 Å². The van der Waals surface area contributed by atoms with E-state index in [1.807, 2.05) is 0 Å². The molecule has 0 N–H and O–H groups in total. The van der Waals surface area contributed by atoms with Gasteiger partial charge in [0.25, 0.3) is 0 Å². The molecule has 0 saturated carbocycles. The van der Waals surface area contributed by atoms with Crippen molar-refractivity contribution in [2.45, 2.75) is 9.26 Å². The second kappa shape index (κ2) is 2.09. The van der Waals surface area contributed by atoms with Gasteiger partial charge in [-0.3, -0.25) is 0 Å². The van der Waals surface area contributed by atoms with E-state index in [1.165, 1.54) is 23.5 Å². The maximum atomic E-state index is 11.2. The molecule has 0 radical (unpaired) electrons. The Bertz CT molecular complexity index is 124. The van der Waals surface area contributed by atoms with E-state index < -0.39 is 19.7 Å². The van der Waals surface area contributed by atoms with Crippen LogP contribution in [0.3, 0.4) is 0 Å². The van der Waals surface area contributed by atoms with Crippen molar-refractivity contribution in [3.63, 3.8) is 0 Å². The van der Waals surface area contributed by atoms with E-state index in [9.17, 15) is 2.81 Å². The zero-order valence-electron chi connectivity index (χ0n) is 5.72. The normalized spacial score (nSPS) is 14.1. The second-order valence-electron chi connectivity index (χ2n) is 2.38. The SMILES string of the molecule is C[O][Zr]([CH3])([CH3])(=[O])[O]C. The predicted octanol–water partition coefficient (Wildman–Crippen LogP) is 1.24. The monoisotopic (exact) mass is 198 g/mol. The molecule has 0 unspecified atom stereocenters. The summed E-state index contributed by atoms with van der Waals surface area (Å²) in [4.78, 5) is 0. The van der Waals surface area contributed by atoms with E-state index in [4.69, 9.17) is 5.63 Å². The Labute approximate surface area is 51.8 Å². The number of rotatable bonds is 2. The van der Waals surface area contributed by atoms with E-state index in [1.54, 1.807) is 0 Å². The minimum absolute atomic E-state index is 1.40. The Hall–Kier alpha value is 0.603. The van der Waals surface area contributed by atoms with Crippen LogP contribution in [0.4, 0.5) is 0 Å². The molecule has 4 heteroatoms. The van der Waals surface area contributed by atoms with Crippen molar-refractivity contribution >= 4 is 0 Å². The summed E-state index contributed by atoms with van der Waals surface area (Å²) in [6, 6.07) is 0. The first-order valence-corrected chi connectivity index (χ1v) is 10.4. The van der Waals surface area contributed by atoms with Crippen LogP contribution in [0.2, 0.25) is 9.26 Å². The first-order valence-electron chi connectivity index (χ1n) is 2.43. The van der Waals surface area contributed by atoms with E-state index in [2.05, 4.69) is 0 Å². The maximum absolute atomic E-state index is 11.2. The van der Waals surface area contributed by atoms with Gasteiger partial charge in [-0.05, 0) is 0 Å². The quantitative estimate of drug-likeness (QED) is 0.671. The summed E-state index contributed by atoms with van der Waals surface area (Å²) in [5, 5.41) is 0. The van der Waals surface area contributed by atoms with Crippen molar-refractivity contribution in [3.8, 4) is 0 Å². The molecule has 0 aliphatic heterocycles. The molecule has 0 aliphatic carbocycles. The molecule has 0 aromatic carbocycles. The van der Waals surface area contributed by atoms with E-state index in [0.717, 1.165) is 0 Å². The van der Waals surface area contributed by atoms with Crippen LogP contribution in [0.5, 0.6) is 0 Å². The van der Waals surface area contributed by atoms with Gasteiger partial charge in [-0.25, -0.2) is 0 Å². The summed E-state index contributed by atoms with van der Waals surface area (Å²) in [6.07, 6.45) is 0. The molecule has 0 spiro atoms. The van der Waals surface area contributed by atoms with Crippen LogP contribution in [0.25, 0.3) is 0 Å². The fourth-order valence-electron chi connectivity index (χ4n) is 0.0833. The van der Waals surface area contributed by atoms with Crippen LogP contribution in [0.15, 0.2) is 0 Å². The van der Waals surface area contributed by atoms with Crippen LogP contribution in [-0.4, -0.2) is 14.2 Å². The summed E-state index contributed by atoms with van der Waals surface area (Å²) in [5.41, 5.74) is 0. The third kappa shape index (κ3) is 2.80. The third-order valence-electron chi connectivity index (χ3n) is 1.15. The minimum atomic E-state index is -4.13. The summed E-state index contributed by atoms with van der Waals surface area (Å²) in [7, 11) is 2.81. The molecule has 0 fully saturated rings. The van der Waals surface area contributed by atoms with Gasteiger partial charge in [-0.15, -0.1) is 0 Å². The van der Waals surface area contributed by atoms with Gasteiger partial charge < -0.3 is 0 Å². The molecular formula is C4H12O3Zr. The van der Waals surface area contributed by atoms with Gasteiger partial charge in [0.05, 0.1) is 0 Å². The van der Waals surface area contributed by atoms with Crippen molar-refractivity contribution < 1.29 is 28.1 Å². The van der Waals surface area contributed by atoms with Crippen LogP contribution < -0.4 is 0 Å². The summed E-state index contributed by atoms with van der Waals surface area (Å²) in [6.45, 7) is 0. The van der Waals surface area contributed by atoms with Crippen LogP contribution >= 0.6 is 0 Å². The van der Waals surface area contributed by atoms with Crippen molar-refractivity contribution in [3.05, 3.63) is 0 Å². The molecular weight excluding hydrogens is 187 g/mol. The molecule has 0 heterocycles. The first-order chi connectivity index (χ1) is 3.39. The standard InChI is InChI=1S/2CH3O.2CH3.O.Zr/c2*1-2;;;;/h2*1H3;2*1H3;;/q2*-1;;;;+2. The Kier molecular flexibility index (Phi) is 2.24. The predicted molar refractivity (Wildman–Crippen MR) is 26.4 cm³/mol. The van der Waals surface area contributed by atoms with Gasteiger partial charge in [0, 0.05) is 0 Å². The number of hydrogen-bond acceptors (Lipinski definition) is 3. The van der Waals surface area contributed by atoms with E-state index in [-0.39, 0.29) is 0 Å². The molecule has 0 bridgehead atoms. The Morgan fingerprint density at radius 1 is 1.12 bits per heavy atom. The zero-order chi connectivity index (χ0) is 6.86. The molecule has 50 valence electrons. The average molecular weight is 199 g/mol. The van der Waals surface area contributed by atoms with Crippen LogP contribution in [0.1, 0.15) is 0 Å². The average Bonchev–Trinajstić information content (AvgIpc) is 1.68. The fraction of sp³-hybridized carbons (Fsp3) is 1.00. The van der Waals surface area contributed by atoms with E-state index in [0.29, 0.717) is 0 Å². The van der Waals surface area contributed by atoms with Gasteiger partial charge in [0.2, 0.25) is 0 Å². The van der Waals surface area contributed by atoms with Gasteiger partial charge in [-0.2, -0.15) is 0 Å². The molecule has 0 atom stereocenters. The van der Waals surface area contributed by atoms with Crippen molar-refractivity contribution in [1.29, 1.82) is 0 Å². The second-order valence-corrected chi connectivity index (χ2v) is 14.1. The molecule has 0 amide bonds. The van der Waals surface area contributed by atoms with Gasteiger partial charge in [0.1, 0.15) is 0 Å². The Balaban J connectivity index is 4.25. The van der Waals surface area contributed by atoms with Crippen LogP contribution in [-0.2, 0) is 28.1 Å². The van der Waals surface area contributed by atoms with E-state index >= 15 is 0 Å². The molecule has 3 nitrogen and oxygen atoms in total. The first kappa shape index (κ1) is 8.60. The molecule has 8 heavy (non-hydrogen) atoms. The summed E-state index contributed by atoms with van der Waals surface area (Å²) >= 11 is -4.13. The molecule has 0 saturated heterocycles.